The normalized spacial score (nSPS) is 18.4. The first-order chi connectivity index (χ1) is 10.6. The van der Waals surface area contributed by atoms with Crippen LogP contribution in [0.1, 0.15) is 25.8 Å². The molecule has 1 aliphatic rings. The molecule has 4 nitrogen and oxygen atoms in total. The fraction of sp³-hybridized carbons (Fsp3) is 0.471. The predicted molar refractivity (Wildman–Crippen MR) is 88.0 cm³/mol. The van der Waals surface area contributed by atoms with Crippen molar-refractivity contribution in [2.75, 3.05) is 26.9 Å². The van der Waals surface area contributed by atoms with E-state index in [1.54, 1.807) is 18.1 Å². The van der Waals surface area contributed by atoms with Crippen LogP contribution in [-0.4, -0.2) is 37.7 Å². The molecule has 0 radical (unpaired) electrons. The van der Waals surface area contributed by atoms with Crippen LogP contribution in [0.3, 0.4) is 0 Å². The topological polar surface area (TPSA) is 38.8 Å². The smallest absolute Gasteiger partial charge is 0.230 e. The molecule has 0 fully saturated rings. The Morgan fingerprint density at radius 2 is 2.14 bits per heavy atom. The van der Waals surface area contributed by atoms with Crippen LogP contribution in [-0.2, 0) is 9.53 Å². The summed E-state index contributed by atoms with van der Waals surface area (Å²) in [7, 11) is 1.63. The van der Waals surface area contributed by atoms with Crippen LogP contribution in [0.2, 0.25) is 5.02 Å². The Hall–Kier alpha value is -1.52. The van der Waals surface area contributed by atoms with E-state index < -0.39 is 0 Å². The van der Waals surface area contributed by atoms with Crippen molar-refractivity contribution in [3.8, 4) is 5.75 Å². The first kappa shape index (κ1) is 16.8. The summed E-state index contributed by atoms with van der Waals surface area (Å²) in [5.41, 5.74) is 1.75. The molecule has 0 saturated heterocycles. The lowest BCUT2D eigenvalue weighted by atomic mass is 9.97. The van der Waals surface area contributed by atoms with Gasteiger partial charge in [-0.2, -0.15) is 0 Å². The molecule has 1 aromatic carbocycles. The maximum Gasteiger partial charge on any atom is 0.230 e. The average molecular weight is 324 g/mol. The predicted octanol–water partition coefficient (Wildman–Crippen LogP) is 3.59. The summed E-state index contributed by atoms with van der Waals surface area (Å²) in [6.07, 6.45) is 2.83. The highest BCUT2D eigenvalue weighted by Crippen LogP contribution is 2.34. The molecule has 1 aliphatic heterocycles. The number of halogens is 1. The highest BCUT2D eigenvalue weighted by atomic mass is 35.5. The second-order valence-corrected chi connectivity index (χ2v) is 5.70. The SMILES string of the molecule is CCN1C(=O)C(C)CC=C1c1ccc(OCCOC)cc1Cl. The van der Waals surface area contributed by atoms with E-state index in [1.807, 2.05) is 26.0 Å². The molecule has 22 heavy (non-hydrogen) atoms. The second kappa shape index (κ2) is 7.65. The largest absolute Gasteiger partial charge is 0.491 e. The number of amides is 1. The number of rotatable bonds is 6. The van der Waals surface area contributed by atoms with Crippen molar-refractivity contribution in [2.45, 2.75) is 20.3 Å². The molecule has 0 aromatic heterocycles. The van der Waals surface area contributed by atoms with Gasteiger partial charge in [-0.3, -0.25) is 4.79 Å². The number of methoxy groups -OCH3 is 1. The lowest BCUT2D eigenvalue weighted by Gasteiger charge is -2.31. The summed E-state index contributed by atoms with van der Waals surface area (Å²) in [6, 6.07) is 5.56. The standard InChI is InChI=1S/C17H22ClNO3/c1-4-19-16(8-5-12(2)17(19)20)14-7-6-13(11-15(14)18)22-10-9-21-3/h6-8,11-12H,4-5,9-10H2,1-3H3. The van der Waals surface area contributed by atoms with E-state index in [2.05, 4.69) is 6.08 Å². The first-order valence-electron chi connectivity index (χ1n) is 7.51. The molecule has 0 aliphatic carbocycles. The number of nitrogens with zero attached hydrogens (tertiary/aromatic N) is 1. The Balaban J connectivity index is 2.23. The van der Waals surface area contributed by atoms with Crippen LogP contribution in [0.15, 0.2) is 24.3 Å². The van der Waals surface area contributed by atoms with Gasteiger partial charge < -0.3 is 14.4 Å². The van der Waals surface area contributed by atoms with Crippen LogP contribution >= 0.6 is 11.6 Å². The summed E-state index contributed by atoms with van der Waals surface area (Å²) in [5.74, 6) is 0.876. The lowest BCUT2D eigenvalue weighted by molar-refractivity contribution is -0.131. The number of hydrogen-bond acceptors (Lipinski definition) is 3. The van der Waals surface area contributed by atoms with E-state index in [4.69, 9.17) is 21.1 Å². The monoisotopic (exact) mass is 323 g/mol. The average Bonchev–Trinajstić information content (AvgIpc) is 2.51. The maximum atomic E-state index is 12.3. The van der Waals surface area contributed by atoms with Gasteiger partial charge in [-0.15, -0.1) is 0 Å². The van der Waals surface area contributed by atoms with Gasteiger partial charge in [0.15, 0.2) is 0 Å². The minimum Gasteiger partial charge on any atom is -0.491 e. The van der Waals surface area contributed by atoms with Gasteiger partial charge in [-0.05, 0) is 31.5 Å². The van der Waals surface area contributed by atoms with Gasteiger partial charge in [0, 0.05) is 30.8 Å². The van der Waals surface area contributed by atoms with Crippen LogP contribution in [0.5, 0.6) is 5.75 Å². The third-order valence-electron chi connectivity index (χ3n) is 3.73. The van der Waals surface area contributed by atoms with Gasteiger partial charge in [0.1, 0.15) is 12.4 Å². The molecule has 5 heteroatoms. The number of carbonyl (C=O) groups is 1. The highest BCUT2D eigenvalue weighted by molar-refractivity contribution is 6.32. The molecule has 120 valence electrons. The van der Waals surface area contributed by atoms with E-state index in [-0.39, 0.29) is 11.8 Å². The van der Waals surface area contributed by atoms with Gasteiger partial charge in [0.2, 0.25) is 5.91 Å². The van der Waals surface area contributed by atoms with Gasteiger partial charge >= 0.3 is 0 Å². The molecule has 0 bridgehead atoms. The molecular formula is C17H22ClNO3. The zero-order valence-corrected chi connectivity index (χ0v) is 14.0. The third kappa shape index (κ3) is 3.62. The van der Waals surface area contributed by atoms with Crippen LogP contribution in [0.25, 0.3) is 5.70 Å². The lowest BCUT2D eigenvalue weighted by Crippen LogP contribution is -2.36. The molecule has 0 spiro atoms. The van der Waals surface area contributed by atoms with E-state index in [0.717, 1.165) is 17.7 Å². The van der Waals surface area contributed by atoms with Crippen molar-refractivity contribution in [3.05, 3.63) is 34.9 Å². The highest BCUT2D eigenvalue weighted by Gasteiger charge is 2.27. The van der Waals surface area contributed by atoms with Crippen molar-refractivity contribution in [1.82, 2.24) is 4.90 Å². The molecular weight excluding hydrogens is 302 g/mol. The fourth-order valence-corrected chi connectivity index (χ4v) is 2.77. The summed E-state index contributed by atoms with van der Waals surface area (Å²) >= 11 is 6.39. The molecule has 2 rings (SSSR count). The molecule has 0 N–H and O–H groups in total. The Kier molecular flexibility index (Phi) is 5.86. The van der Waals surface area contributed by atoms with Gasteiger partial charge in [0.05, 0.1) is 11.6 Å². The Bertz CT molecular complexity index is 571. The van der Waals surface area contributed by atoms with Gasteiger partial charge in [-0.25, -0.2) is 0 Å². The van der Waals surface area contributed by atoms with Crippen molar-refractivity contribution in [1.29, 1.82) is 0 Å². The van der Waals surface area contributed by atoms with Gasteiger partial charge in [0.25, 0.3) is 0 Å². The maximum absolute atomic E-state index is 12.3. The summed E-state index contributed by atoms with van der Waals surface area (Å²) < 4.78 is 10.5. The number of allylic oxidation sites excluding steroid dienone is 1. The van der Waals surface area contributed by atoms with Crippen LogP contribution < -0.4 is 4.74 Å². The molecule has 1 heterocycles. The Morgan fingerprint density at radius 1 is 1.36 bits per heavy atom. The van der Waals surface area contributed by atoms with Crippen molar-refractivity contribution in [3.63, 3.8) is 0 Å². The van der Waals surface area contributed by atoms with E-state index in [9.17, 15) is 4.79 Å². The fourth-order valence-electron chi connectivity index (χ4n) is 2.50. The minimum absolute atomic E-state index is 0.0270. The van der Waals surface area contributed by atoms with Crippen molar-refractivity contribution >= 4 is 23.2 Å². The van der Waals surface area contributed by atoms with E-state index in [1.165, 1.54) is 0 Å². The van der Waals surface area contributed by atoms with Crippen LogP contribution in [0.4, 0.5) is 0 Å². The number of hydrogen-bond donors (Lipinski definition) is 0. The summed E-state index contributed by atoms with van der Waals surface area (Å²) in [5, 5.41) is 0.585. The molecule has 1 atom stereocenters. The number of carbonyl (C=O) groups excluding carboxylic acids is 1. The van der Waals surface area contributed by atoms with Gasteiger partial charge in [-0.1, -0.05) is 24.6 Å². The van der Waals surface area contributed by atoms with Crippen molar-refractivity contribution < 1.29 is 14.3 Å². The third-order valence-corrected chi connectivity index (χ3v) is 4.04. The Morgan fingerprint density at radius 3 is 2.77 bits per heavy atom. The van der Waals surface area contributed by atoms with E-state index >= 15 is 0 Å². The zero-order chi connectivity index (χ0) is 16.1. The van der Waals surface area contributed by atoms with Crippen LogP contribution in [0, 0.1) is 5.92 Å². The molecule has 1 amide bonds. The molecule has 1 unspecified atom stereocenters. The number of ether oxygens (including phenoxy) is 2. The summed E-state index contributed by atoms with van der Waals surface area (Å²) in [6.45, 7) is 5.57. The van der Waals surface area contributed by atoms with Crippen molar-refractivity contribution in [2.24, 2.45) is 5.92 Å². The second-order valence-electron chi connectivity index (χ2n) is 5.29. The van der Waals surface area contributed by atoms with E-state index in [0.29, 0.717) is 30.5 Å². The minimum atomic E-state index is 0.0270. The first-order valence-corrected chi connectivity index (χ1v) is 7.89. The Labute approximate surface area is 136 Å². The number of benzene rings is 1. The molecule has 0 saturated carbocycles. The quantitative estimate of drug-likeness (QED) is 0.751. The molecule has 1 aromatic rings. The summed E-state index contributed by atoms with van der Waals surface area (Å²) in [4.78, 5) is 14.1. The zero-order valence-electron chi connectivity index (χ0n) is 13.3.